The molecule has 1 unspecified atom stereocenters. The van der Waals surface area contributed by atoms with Crippen LogP contribution in [0.1, 0.15) is 23.5 Å². The maximum Gasteiger partial charge on any atom is 0.434 e. The molecule has 0 saturated carbocycles. The Balaban J connectivity index is 1.70. The number of nitrogens with one attached hydrogen (secondary N) is 2. The highest BCUT2D eigenvalue weighted by Crippen LogP contribution is 2.31. The Morgan fingerprint density at radius 2 is 2.18 bits per heavy atom. The van der Waals surface area contributed by atoms with Gasteiger partial charge in [-0.15, -0.1) is 11.3 Å². The number of hydrogen-bond donors (Lipinski definition) is 2. The topological polar surface area (TPSA) is 74.3 Å². The number of imide groups is 1. The van der Waals surface area contributed by atoms with Gasteiger partial charge in [0.1, 0.15) is 10.5 Å². The number of rotatable bonds is 2. The first-order chi connectivity index (χ1) is 10.3. The third kappa shape index (κ3) is 2.80. The Morgan fingerprint density at radius 1 is 1.41 bits per heavy atom. The molecule has 3 rings (SSSR count). The van der Waals surface area contributed by atoms with E-state index in [1.807, 2.05) is 4.90 Å². The Labute approximate surface area is 127 Å². The van der Waals surface area contributed by atoms with Gasteiger partial charge in [0, 0.05) is 11.9 Å². The number of urea groups is 1. The molecule has 22 heavy (non-hydrogen) atoms. The summed E-state index contributed by atoms with van der Waals surface area (Å²) in [5, 5.41) is 6.16. The van der Waals surface area contributed by atoms with Gasteiger partial charge in [-0.25, -0.2) is 9.78 Å². The van der Waals surface area contributed by atoms with Crippen molar-refractivity contribution in [2.45, 2.75) is 31.1 Å². The lowest BCUT2D eigenvalue weighted by Crippen LogP contribution is -2.58. The van der Waals surface area contributed by atoms with Gasteiger partial charge >= 0.3 is 12.2 Å². The van der Waals surface area contributed by atoms with Crippen molar-refractivity contribution in [3.63, 3.8) is 0 Å². The highest BCUT2D eigenvalue weighted by atomic mass is 32.1. The van der Waals surface area contributed by atoms with Crippen molar-refractivity contribution < 1.29 is 22.8 Å². The molecule has 1 aromatic rings. The summed E-state index contributed by atoms with van der Waals surface area (Å²) >= 11 is 0.942. The Hall–Kier alpha value is -1.68. The van der Waals surface area contributed by atoms with E-state index in [0.29, 0.717) is 24.4 Å². The number of piperidine rings is 1. The first-order valence-electron chi connectivity index (χ1n) is 6.66. The number of thiazole rings is 1. The summed E-state index contributed by atoms with van der Waals surface area (Å²) in [5.41, 5.74) is -1.87. The molecular formula is C12H13F3N4O2S. The van der Waals surface area contributed by atoms with Gasteiger partial charge in [-0.3, -0.25) is 15.0 Å². The lowest BCUT2D eigenvalue weighted by atomic mass is 9.89. The van der Waals surface area contributed by atoms with Gasteiger partial charge < -0.3 is 5.32 Å². The predicted octanol–water partition coefficient (Wildman–Crippen LogP) is 1.34. The molecule has 0 aromatic carbocycles. The number of halogens is 3. The zero-order valence-corrected chi connectivity index (χ0v) is 12.2. The third-order valence-electron chi connectivity index (χ3n) is 3.79. The SMILES string of the molecule is O=C1NC(=O)C2(CCCN(Cc3nc(C(F)(F)F)cs3)C2)N1. The van der Waals surface area contributed by atoms with Gasteiger partial charge in [0.2, 0.25) is 0 Å². The molecule has 2 N–H and O–H groups in total. The van der Waals surface area contributed by atoms with E-state index in [-0.39, 0.29) is 19.0 Å². The molecule has 0 aliphatic carbocycles. The molecule has 1 atom stereocenters. The van der Waals surface area contributed by atoms with Crippen LogP contribution >= 0.6 is 11.3 Å². The summed E-state index contributed by atoms with van der Waals surface area (Å²) in [7, 11) is 0. The summed E-state index contributed by atoms with van der Waals surface area (Å²) in [6.07, 6.45) is -3.25. The number of likely N-dealkylation sites (tertiary alicyclic amines) is 1. The van der Waals surface area contributed by atoms with E-state index in [2.05, 4.69) is 15.6 Å². The van der Waals surface area contributed by atoms with Gasteiger partial charge in [-0.2, -0.15) is 13.2 Å². The predicted molar refractivity (Wildman–Crippen MR) is 71.0 cm³/mol. The van der Waals surface area contributed by atoms with E-state index < -0.39 is 23.4 Å². The van der Waals surface area contributed by atoms with Crippen molar-refractivity contribution in [3.05, 3.63) is 16.1 Å². The van der Waals surface area contributed by atoms with Gasteiger partial charge in [-0.1, -0.05) is 0 Å². The fraction of sp³-hybridized carbons (Fsp3) is 0.583. The Bertz CT molecular complexity index is 618. The Morgan fingerprint density at radius 3 is 2.77 bits per heavy atom. The van der Waals surface area contributed by atoms with Crippen molar-refractivity contribution in [1.29, 1.82) is 0 Å². The fourth-order valence-corrected chi connectivity index (χ4v) is 3.64. The molecule has 2 fully saturated rings. The first kappa shape index (κ1) is 15.2. The van der Waals surface area contributed by atoms with Gasteiger partial charge in [0.25, 0.3) is 5.91 Å². The normalized spacial score (nSPS) is 26.3. The van der Waals surface area contributed by atoms with Crippen molar-refractivity contribution in [2.75, 3.05) is 13.1 Å². The number of carbonyl (C=O) groups excluding carboxylic acids is 2. The summed E-state index contributed by atoms with van der Waals surface area (Å²) < 4.78 is 37.6. The maximum absolute atomic E-state index is 12.5. The lowest BCUT2D eigenvalue weighted by molar-refractivity contribution is -0.140. The second-order valence-electron chi connectivity index (χ2n) is 5.43. The van der Waals surface area contributed by atoms with E-state index in [1.165, 1.54) is 0 Å². The maximum atomic E-state index is 12.5. The van der Waals surface area contributed by atoms with Crippen LogP contribution in [0.25, 0.3) is 0 Å². The van der Waals surface area contributed by atoms with Crippen LogP contribution in [0.3, 0.4) is 0 Å². The molecule has 2 aliphatic heterocycles. The molecule has 2 aliphatic rings. The molecule has 2 saturated heterocycles. The quantitative estimate of drug-likeness (QED) is 0.801. The van der Waals surface area contributed by atoms with E-state index >= 15 is 0 Å². The zero-order valence-electron chi connectivity index (χ0n) is 11.4. The van der Waals surface area contributed by atoms with Gasteiger partial charge in [-0.05, 0) is 19.4 Å². The average molecular weight is 334 g/mol. The minimum absolute atomic E-state index is 0.228. The van der Waals surface area contributed by atoms with E-state index in [0.717, 1.165) is 16.7 Å². The smallest absolute Gasteiger partial charge is 0.322 e. The summed E-state index contributed by atoms with van der Waals surface area (Å²) in [6, 6.07) is -0.527. The summed E-state index contributed by atoms with van der Waals surface area (Å²) in [4.78, 5) is 28.7. The summed E-state index contributed by atoms with van der Waals surface area (Å²) in [6.45, 7) is 1.14. The van der Waals surface area contributed by atoms with Crippen LogP contribution in [-0.2, 0) is 17.5 Å². The number of amides is 3. The standard InChI is InChI=1S/C12H13F3N4O2S/c13-12(14,15)7-5-22-8(16-7)4-19-3-1-2-11(6-19)9(20)17-10(21)18-11/h5H,1-4,6H2,(H2,17,18,20,21). The van der Waals surface area contributed by atoms with E-state index in [9.17, 15) is 22.8 Å². The van der Waals surface area contributed by atoms with Crippen LogP contribution < -0.4 is 10.6 Å². The van der Waals surface area contributed by atoms with Gasteiger partial charge in [0.15, 0.2) is 5.69 Å². The highest BCUT2D eigenvalue weighted by molar-refractivity contribution is 7.09. The van der Waals surface area contributed by atoms with Crippen LogP contribution in [0.5, 0.6) is 0 Å². The average Bonchev–Trinajstić information content (AvgIpc) is 2.96. The zero-order chi connectivity index (χ0) is 16.0. The first-order valence-corrected chi connectivity index (χ1v) is 7.54. The highest BCUT2D eigenvalue weighted by Gasteiger charge is 2.48. The van der Waals surface area contributed by atoms with Crippen molar-refractivity contribution in [2.24, 2.45) is 0 Å². The van der Waals surface area contributed by atoms with Crippen molar-refractivity contribution in [3.8, 4) is 0 Å². The van der Waals surface area contributed by atoms with Crippen LogP contribution in [0, 0.1) is 0 Å². The molecule has 0 radical (unpaired) electrons. The van der Waals surface area contributed by atoms with Crippen molar-refractivity contribution in [1.82, 2.24) is 20.5 Å². The molecule has 0 bridgehead atoms. The minimum atomic E-state index is -4.45. The van der Waals surface area contributed by atoms with Crippen molar-refractivity contribution >= 4 is 23.3 Å². The van der Waals surface area contributed by atoms with Crippen LogP contribution in [0.4, 0.5) is 18.0 Å². The minimum Gasteiger partial charge on any atom is -0.322 e. The molecule has 120 valence electrons. The molecule has 3 heterocycles. The molecule has 3 amide bonds. The second-order valence-corrected chi connectivity index (χ2v) is 6.37. The lowest BCUT2D eigenvalue weighted by Gasteiger charge is -2.37. The van der Waals surface area contributed by atoms with E-state index in [1.54, 1.807) is 0 Å². The largest absolute Gasteiger partial charge is 0.434 e. The molecule has 1 aromatic heterocycles. The molecule has 6 nitrogen and oxygen atoms in total. The third-order valence-corrected chi connectivity index (χ3v) is 4.62. The number of nitrogens with zero attached hydrogens (tertiary/aromatic N) is 2. The Kier molecular flexibility index (Phi) is 3.60. The number of alkyl halides is 3. The van der Waals surface area contributed by atoms with Gasteiger partial charge in [0.05, 0.1) is 6.54 Å². The fourth-order valence-electron chi connectivity index (χ4n) is 2.80. The van der Waals surface area contributed by atoms with Crippen LogP contribution in [-0.4, -0.2) is 40.5 Å². The molecule has 1 spiro atoms. The number of aromatic nitrogens is 1. The second kappa shape index (κ2) is 5.20. The number of carbonyl (C=O) groups is 2. The van der Waals surface area contributed by atoms with Crippen LogP contribution in [0.15, 0.2) is 5.38 Å². The van der Waals surface area contributed by atoms with E-state index in [4.69, 9.17) is 0 Å². The molecule has 10 heteroatoms. The number of hydrogen-bond acceptors (Lipinski definition) is 5. The van der Waals surface area contributed by atoms with Crippen LogP contribution in [0.2, 0.25) is 0 Å². The molecular weight excluding hydrogens is 321 g/mol. The monoisotopic (exact) mass is 334 g/mol. The summed E-state index contributed by atoms with van der Waals surface area (Å²) in [5.74, 6) is -0.377.